The Labute approximate surface area is 156 Å². The van der Waals surface area contributed by atoms with Crippen molar-refractivity contribution >= 4 is 22.9 Å². The van der Waals surface area contributed by atoms with Crippen LogP contribution in [-0.4, -0.2) is 44.5 Å². The SMILES string of the molecule is Cc1nc2c(O)c(CC[C@H](O)c3cccs3)c(C(=O)N(C)C)cn2c1C. The van der Waals surface area contributed by atoms with Gasteiger partial charge in [-0.3, -0.25) is 4.79 Å². The number of aromatic hydroxyl groups is 1. The fourth-order valence-corrected chi connectivity index (χ4v) is 3.75. The van der Waals surface area contributed by atoms with Gasteiger partial charge >= 0.3 is 0 Å². The second-order valence-corrected chi connectivity index (χ2v) is 7.59. The predicted octanol–water partition coefficient (Wildman–Crippen LogP) is 3.09. The van der Waals surface area contributed by atoms with Gasteiger partial charge in [-0.15, -0.1) is 11.3 Å². The Morgan fingerprint density at radius 3 is 2.73 bits per heavy atom. The van der Waals surface area contributed by atoms with Crippen molar-refractivity contribution in [1.82, 2.24) is 14.3 Å². The highest BCUT2D eigenvalue weighted by molar-refractivity contribution is 7.10. The minimum atomic E-state index is -0.629. The fourth-order valence-electron chi connectivity index (χ4n) is 3.00. The molecule has 1 atom stereocenters. The summed E-state index contributed by atoms with van der Waals surface area (Å²) in [6.07, 6.45) is 1.90. The third-order valence-electron chi connectivity index (χ3n) is 4.64. The van der Waals surface area contributed by atoms with Crippen LogP contribution in [0.15, 0.2) is 23.7 Å². The van der Waals surface area contributed by atoms with Crippen molar-refractivity contribution in [3.8, 4) is 5.75 Å². The zero-order valence-corrected chi connectivity index (χ0v) is 16.2. The van der Waals surface area contributed by atoms with Crippen molar-refractivity contribution < 1.29 is 15.0 Å². The molecule has 0 saturated carbocycles. The summed E-state index contributed by atoms with van der Waals surface area (Å²) in [5.41, 5.74) is 3.08. The maximum absolute atomic E-state index is 12.7. The number of aromatic nitrogens is 2. The Bertz CT molecular complexity index is 945. The molecule has 0 aliphatic heterocycles. The largest absolute Gasteiger partial charge is 0.504 e. The smallest absolute Gasteiger partial charge is 0.255 e. The predicted molar refractivity (Wildman–Crippen MR) is 102 cm³/mol. The maximum atomic E-state index is 12.7. The lowest BCUT2D eigenvalue weighted by Crippen LogP contribution is -2.24. The molecule has 6 nitrogen and oxygen atoms in total. The number of thiophene rings is 1. The van der Waals surface area contributed by atoms with Crippen LogP contribution in [0.1, 0.15) is 44.7 Å². The number of carbonyl (C=O) groups excluding carboxylic acids is 1. The average Bonchev–Trinajstić information content (AvgIpc) is 3.23. The van der Waals surface area contributed by atoms with Gasteiger partial charge in [-0.1, -0.05) is 6.07 Å². The Balaban J connectivity index is 2.05. The number of aryl methyl sites for hydroxylation is 2. The Morgan fingerprint density at radius 1 is 1.38 bits per heavy atom. The number of hydrogen-bond acceptors (Lipinski definition) is 5. The van der Waals surface area contributed by atoms with E-state index >= 15 is 0 Å². The van der Waals surface area contributed by atoms with Crippen molar-refractivity contribution in [3.05, 3.63) is 51.1 Å². The summed E-state index contributed by atoms with van der Waals surface area (Å²) in [4.78, 5) is 19.5. The number of carbonyl (C=O) groups is 1. The number of aliphatic hydroxyl groups is 1. The number of nitrogens with zero attached hydrogens (tertiary/aromatic N) is 3. The molecule has 0 fully saturated rings. The van der Waals surface area contributed by atoms with E-state index < -0.39 is 6.10 Å². The summed E-state index contributed by atoms with van der Waals surface area (Å²) in [5.74, 6) is -0.180. The summed E-state index contributed by atoms with van der Waals surface area (Å²) in [5, 5.41) is 23.1. The molecule has 2 N–H and O–H groups in total. The highest BCUT2D eigenvalue weighted by atomic mass is 32.1. The number of fused-ring (bicyclic) bond motifs is 1. The molecule has 26 heavy (non-hydrogen) atoms. The van der Waals surface area contributed by atoms with Crippen molar-refractivity contribution in [1.29, 1.82) is 0 Å². The molecule has 3 rings (SSSR count). The number of hydrogen-bond donors (Lipinski definition) is 2. The van der Waals surface area contributed by atoms with E-state index in [9.17, 15) is 15.0 Å². The molecule has 0 aliphatic rings. The summed E-state index contributed by atoms with van der Waals surface area (Å²) >= 11 is 1.49. The first-order chi connectivity index (χ1) is 12.3. The van der Waals surface area contributed by atoms with Gasteiger partial charge in [0.1, 0.15) is 0 Å². The van der Waals surface area contributed by atoms with Crippen LogP contribution in [0, 0.1) is 13.8 Å². The number of pyridine rings is 1. The van der Waals surface area contributed by atoms with Gasteiger partial charge in [-0.25, -0.2) is 4.98 Å². The zero-order valence-electron chi connectivity index (χ0n) is 15.4. The third kappa shape index (κ3) is 3.20. The molecule has 3 heterocycles. The Morgan fingerprint density at radius 2 is 2.12 bits per heavy atom. The van der Waals surface area contributed by atoms with Gasteiger partial charge in [-0.05, 0) is 38.1 Å². The topological polar surface area (TPSA) is 78.1 Å². The number of aliphatic hydroxyl groups excluding tert-OH is 1. The summed E-state index contributed by atoms with van der Waals surface area (Å²) < 4.78 is 1.75. The molecule has 0 spiro atoms. The average molecular weight is 373 g/mol. The molecule has 0 aliphatic carbocycles. The molecule has 0 saturated heterocycles. The van der Waals surface area contributed by atoms with Crippen LogP contribution in [0.2, 0.25) is 0 Å². The van der Waals surface area contributed by atoms with Gasteiger partial charge in [0, 0.05) is 36.4 Å². The van der Waals surface area contributed by atoms with Gasteiger partial charge < -0.3 is 19.5 Å². The first kappa shape index (κ1) is 18.4. The first-order valence-corrected chi connectivity index (χ1v) is 9.32. The van der Waals surface area contributed by atoms with E-state index in [1.807, 2.05) is 31.4 Å². The molecule has 3 aromatic rings. The van der Waals surface area contributed by atoms with Crippen molar-refractivity contribution in [2.75, 3.05) is 14.1 Å². The van der Waals surface area contributed by atoms with E-state index in [1.54, 1.807) is 24.7 Å². The van der Waals surface area contributed by atoms with E-state index in [-0.39, 0.29) is 11.7 Å². The normalized spacial score (nSPS) is 12.5. The van der Waals surface area contributed by atoms with Crippen LogP contribution >= 0.6 is 11.3 Å². The molecule has 138 valence electrons. The first-order valence-electron chi connectivity index (χ1n) is 8.44. The lowest BCUT2D eigenvalue weighted by Gasteiger charge is -2.17. The van der Waals surface area contributed by atoms with Crippen LogP contribution < -0.4 is 0 Å². The second kappa shape index (κ2) is 7.09. The number of imidazole rings is 1. The van der Waals surface area contributed by atoms with Crippen LogP contribution in [0.4, 0.5) is 0 Å². The standard InChI is InChI=1S/C19H23N3O3S/c1-11-12(2)22-10-14(19(25)21(3)4)13(17(24)18(22)20-11)7-8-15(23)16-6-5-9-26-16/h5-6,9-10,15,23-24H,7-8H2,1-4H3/t15-/m0/s1. The fraction of sp³-hybridized carbons (Fsp3) is 0.368. The Kier molecular flexibility index (Phi) is 5.02. The zero-order chi connectivity index (χ0) is 19.0. The van der Waals surface area contributed by atoms with Gasteiger partial charge in [0.15, 0.2) is 11.4 Å². The van der Waals surface area contributed by atoms with E-state index in [2.05, 4.69) is 4.98 Å². The minimum absolute atomic E-state index is 0.00674. The van der Waals surface area contributed by atoms with Gasteiger partial charge in [0.05, 0.1) is 17.4 Å². The second-order valence-electron chi connectivity index (χ2n) is 6.62. The van der Waals surface area contributed by atoms with Crippen LogP contribution in [0.5, 0.6) is 5.75 Å². The number of rotatable bonds is 5. The highest BCUT2D eigenvalue weighted by Gasteiger charge is 2.23. The molecule has 0 bridgehead atoms. The molecule has 1 amide bonds. The third-order valence-corrected chi connectivity index (χ3v) is 5.62. The molecular weight excluding hydrogens is 350 g/mol. The summed E-state index contributed by atoms with van der Waals surface area (Å²) in [7, 11) is 3.36. The van der Waals surface area contributed by atoms with Crippen molar-refractivity contribution in [2.24, 2.45) is 0 Å². The summed E-state index contributed by atoms with van der Waals surface area (Å²) in [6, 6.07) is 3.77. The van der Waals surface area contributed by atoms with Gasteiger partial charge in [0.25, 0.3) is 5.91 Å². The molecule has 0 radical (unpaired) electrons. The Hall–Kier alpha value is -2.38. The number of amides is 1. The molecule has 0 unspecified atom stereocenters. The maximum Gasteiger partial charge on any atom is 0.255 e. The van der Waals surface area contributed by atoms with Crippen LogP contribution in [0.3, 0.4) is 0 Å². The van der Waals surface area contributed by atoms with Gasteiger partial charge in [-0.2, -0.15) is 0 Å². The lowest BCUT2D eigenvalue weighted by molar-refractivity contribution is 0.0824. The van der Waals surface area contributed by atoms with E-state index in [1.165, 1.54) is 16.2 Å². The van der Waals surface area contributed by atoms with Crippen LogP contribution in [0.25, 0.3) is 5.65 Å². The lowest BCUT2D eigenvalue weighted by atomic mass is 10.00. The van der Waals surface area contributed by atoms with Crippen molar-refractivity contribution in [2.45, 2.75) is 32.8 Å². The summed E-state index contributed by atoms with van der Waals surface area (Å²) in [6.45, 7) is 3.77. The van der Waals surface area contributed by atoms with E-state index in [0.717, 1.165) is 16.3 Å². The molecule has 3 aromatic heterocycles. The monoisotopic (exact) mass is 373 g/mol. The van der Waals surface area contributed by atoms with Gasteiger partial charge in [0.2, 0.25) is 0 Å². The molecule has 7 heteroatoms. The minimum Gasteiger partial charge on any atom is -0.504 e. The van der Waals surface area contributed by atoms with E-state index in [4.69, 9.17) is 0 Å². The highest BCUT2D eigenvalue weighted by Crippen LogP contribution is 2.32. The van der Waals surface area contributed by atoms with Crippen molar-refractivity contribution in [3.63, 3.8) is 0 Å². The quantitative estimate of drug-likeness (QED) is 0.720. The molecule has 0 aromatic carbocycles. The van der Waals surface area contributed by atoms with Crippen LogP contribution in [-0.2, 0) is 6.42 Å². The van der Waals surface area contributed by atoms with E-state index in [0.29, 0.717) is 29.6 Å². The molecular formula is C19H23N3O3S.